The number of benzene rings is 1. The van der Waals surface area contributed by atoms with E-state index in [0.717, 1.165) is 0 Å². The Hall–Kier alpha value is -1.70. The molecule has 0 aliphatic carbocycles. The molecule has 0 aliphatic rings. The minimum absolute atomic E-state index is 0.186. The molecule has 0 bridgehead atoms. The van der Waals surface area contributed by atoms with Gasteiger partial charge >= 0.3 is 0 Å². The number of nitrogens with one attached hydrogen (secondary N) is 1. The molecule has 1 aromatic rings. The van der Waals surface area contributed by atoms with Crippen molar-refractivity contribution in [2.75, 3.05) is 7.11 Å². The standard InChI is InChI=1S/C11H8Cl2N2O2/c1-17-8-4-2-7(3-5-8)11(16)15-9(6-14)10(12)13/h2-5H,1H3,(H,15,16). The molecule has 1 amide bonds. The molecule has 88 valence electrons. The van der Waals surface area contributed by atoms with Crippen molar-refractivity contribution in [2.24, 2.45) is 0 Å². The minimum Gasteiger partial charge on any atom is -0.497 e. The van der Waals surface area contributed by atoms with Crippen LogP contribution in [0.25, 0.3) is 0 Å². The Bertz CT molecular complexity index is 485. The molecule has 4 nitrogen and oxygen atoms in total. The Balaban J connectivity index is 2.84. The van der Waals surface area contributed by atoms with Crippen LogP contribution in [0, 0.1) is 11.3 Å². The first kappa shape index (κ1) is 13.4. The summed E-state index contributed by atoms with van der Waals surface area (Å²) in [5, 5.41) is 11.0. The average molecular weight is 271 g/mol. The summed E-state index contributed by atoms with van der Waals surface area (Å²) in [7, 11) is 1.53. The Morgan fingerprint density at radius 1 is 1.35 bits per heavy atom. The fourth-order valence-electron chi connectivity index (χ4n) is 1.05. The molecule has 1 N–H and O–H groups in total. The van der Waals surface area contributed by atoms with Crippen LogP contribution in [0.1, 0.15) is 10.4 Å². The third-order valence-corrected chi connectivity index (χ3v) is 2.27. The van der Waals surface area contributed by atoms with Crippen LogP contribution in [0.15, 0.2) is 34.5 Å². The summed E-state index contributed by atoms with van der Waals surface area (Å²) in [5.74, 6) is 0.163. The Morgan fingerprint density at radius 3 is 2.35 bits per heavy atom. The maximum absolute atomic E-state index is 11.7. The molecule has 0 aliphatic heterocycles. The number of nitrogens with zero attached hydrogens (tertiary/aromatic N) is 1. The van der Waals surface area contributed by atoms with Gasteiger partial charge in [-0.15, -0.1) is 0 Å². The first-order valence-corrected chi connectivity index (χ1v) is 5.25. The lowest BCUT2D eigenvalue weighted by atomic mass is 10.2. The number of ether oxygens (including phenoxy) is 1. The molecule has 0 spiro atoms. The number of rotatable bonds is 3. The van der Waals surface area contributed by atoms with Crippen LogP contribution in [0.3, 0.4) is 0 Å². The number of allylic oxidation sites excluding steroid dienone is 1. The van der Waals surface area contributed by atoms with E-state index in [9.17, 15) is 4.79 Å². The van der Waals surface area contributed by atoms with E-state index in [1.54, 1.807) is 30.3 Å². The van der Waals surface area contributed by atoms with Crippen molar-refractivity contribution in [1.29, 1.82) is 5.26 Å². The number of hydrogen-bond donors (Lipinski definition) is 1. The molecular formula is C11H8Cl2N2O2. The van der Waals surface area contributed by atoms with Gasteiger partial charge in [-0.2, -0.15) is 5.26 Å². The van der Waals surface area contributed by atoms with Crippen molar-refractivity contribution >= 4 is 29.1 Å². The van der Waals surface area contributed by atoms with Crippen molar-refractivity contribution in [3.05, 3.63) is 40.0 Å². The molecule has 0 unspecified atom stereocenters. The van der Waals surface area contributed by atoms with E-state index in [4.69, 9.17) is 33.2 Å². The van der Waals surface area contributed by atoms with Gasteiger partial charge in [0.05, 0.1) is 7.11 Å². The highest BCUT2D eigenvalue weighted by Crippen LogP contribution is 2.14. The lowest BCUT2D eigenvalue weighted by Crippen LogP contribution is -2.22. The summed E-state index contributed by atoms with van der Waals surface area (Å²) in [5.41, 5.74) is 0.183. The minimum atomic E-state index is -0.469. The van der Waals surface area contributed by atoms with Crippen molar-refractivity contribution in [3.8, 4) is 11.8 Å². The van der Waals surface area contributed by atoms with Crippen LogP contribution >= 0.6 is 23.2 Å². The van der Waals surface area contributed by atoms with Gasteiger partial charge in [0.25, 0.3) is 5.91 Å². The molecule has 0 atom stereocenters. The van der Waals surface area contributed by atoms with Crippen molar-refractivity contribution in [1.82, 2.24) is 5.32 Å². The van der Waals surface area contributed by atoms with Gasteiger partial charge in [-0.1, -0.05) is 23.2 Å². The number of halogens is 2. The summed E-state index contributed by atoms with van der Waals surface area (Å²) in [4.78, 5) is 11.7. The van der Waals surface area contributed by atoms with Gasteiger partial charge in [-0.05, 0) is 24.3 Å². The van der Waals surface area contributed by atoms with E-state index in [1.165, 1.54) is 7.11 Å². The Kier molecular flexibility index (Phi) is 4.83. The molecule has 0 heterocycles. The molecule has 17 heavy (non-hydrogen) atoms. The molecule has 0 fully saturated rings. The highest BCUT2D eigenvalue weighted by atomic mass is 35.5. The highest BCUT2D eigenvalue weighted by Gasteiger charge is 2.09. The first-order valence-electron chi connectivity index (χ1n) is 4.49. The van der Waals surface area contributed by atoms with E-state index in [0.29, 0.717) is 11.3 Å². The zero-order valence-electron chi connectivity index (χ0n) is 8.83. The molecule has 0 saturated carbocycles. The fraction of sp³-hybridized carbons (Fsp3) is 0.0909. The second-order valence-corrected chi connectivity index (χ2v) is 3.88. The highest BCUT2D eigenvalue weighted by molar-refractivity contribution is 6.56. The van der Waals surface area contributed by atoms with Gasteiger partial charge in [0.2, 0.25) is 0 Å². The van der Waals surface area contributed by atoms with Gasteiger partial charge in [0, 0.05) is 5.56 Å². The number of hydrogen-bond acceptors (Lipinski definition) is 3. The maximum atomic E-state index is 11.7. The first-order chi connectivity index (χ1) is 8.08. The Morgan fingerprint density at radius 2 is 1.94 bits per heavy atom. The van der Waals surface area contributed by atoms with Gasteiger partial charge in [0.15, 0.2) is 5.70 Å². The van der Waals surface area contributed by atoms with Crippen LogP contribution in [0.2, 0.25) is 0 Å². The molecule has 6 heteroatoms. The van der Waals surface area contributed by atoms with Crippen LogP contribution in [0.4, 0.5) is 0 Å². The van der Waals surface area contributed by atoms with Crippen molar-refractivity contribution in [3.63, 3.8) is 0 Å². The lowest BCUT2D eigenvalue weighted by Gasteiger charge is -2.04. The van der Waals surface area contributed by atoms with Gasteiger partial charge in [-0.3, -0.25) is 4.79 Å². The van der Waals surface area contributed by atoms with E-state index < -0.39 is 5.91 Å². The fourth-order valence-corrected chi connectivity index (χ4v) is 1.22. The van der Waals surface area contributed by atoms with E-state index >= 15 is 0 Å². The van der Waals surface area contributed by atoms with Crippen molar-refractivity contribution < 1.29 is 9.53 Å². The Labute approximate surface area is 108 Å². The number of carbonyl (C=O) groups excluding carboxylic acids is 1. The topological polar surface area (TPSA) is 62.1 Å². The third kappa shape index (κ3) is 3.66. The van der Waals surface area contributed by atoms with Crippen LogP contribution in [0.5, 0.6) is 5.75 Å². The number of amides is 1. The predicted octanol–water partition coefficient (Wildman–Crippen LogP) is 2.60. The average Bonchev–Trinajstić information content (AvgIpc) is 2.35. The largest absolute Gasteiger partial charge is 0.497 e. The predicted molar refractivity (Wildman–Crippen MR) is 64.8 cm³/mol. The van der Waals surface area contributed by atoms with Crippen LogP contribution in [-0.2, 0) is 0 Å². The molecule has 0 aromatic heterocycles. The van der Waals surface area contributed by atoms with Crippen LogP contribution < -0.4 is 10.1 Å². The number of nitriles is 1. The monoisotopic (exact) mass is 270 g/mol. The SMILES string of the molecule is COc1ccc(C(=O)NC(C#N)=C(Cl)Cl)cc1. The summed E-state index contributed by atoms with van der Waals surface area (Å²) in [6.45, 7) is 0. The summed E-state index contributed by atoms with van der Waals surface area (Å²) in [6.07, 6.45) is 0. The smallest absolute Gasteiger partial charge is 0.256 e. The van der Waals surface area contributed by atoms with Crippen molar-refractivity contribution in [2.45, 2.75) is 0 Å². The summed E-state index contributed by atoms with van der Waals surface area (Å²) < 4.78 is 4.67. The molecule has 1 rings (SSSR count). The van der Waals surface area contributed by atoms with E-state index in [-0.39, 0.29) is 10.2 Å². The third-order valence-electron chi connectivity index (χ3n) is 1.89. The molecule has 0 saturated heterocycles. The second kappa shape index (κ2) is 6.14. The zero-order valence-corrected chi connectivity index (χ0v) is 10.3. The number of methoxy groups -OCH3 is 1. The maximum Gasteiger partial charge on any atom is 0.256 e. The normalized spacial score (nSPS) is 9.06. The zero-order chi connectivity index (χ0) is 12.8. The van der Waals surface area contributed by atoms with Gasteiger partial charge < -0.3 is 10.1 Å². The summed E-state index contributed by atoms with van der Waals surface area (Å²) in [6, 6.07) is 8.07. The van der Waals surface area contributed by atoms with Crippen LogP contribution in [-0.4, -0.2) is 13.0 Å². The number of carbonyl (C=O) groups is 1. The second-order valence-electron chi connectivity index (χ2n) is 2.93. The molecule has 0 radical (unpaired) electrons. The molecular weight excluding hydrogens is 263 g/mol. The van der Waals surface area contributed by atoms with Gasteiger partial charge in [0.1, 0.15) is 16.3 Å². The van der Waals surface area contributed by atoms with E-state index in [2.05, 4.69) is 5.32 Å². The van der Waals surface area contributed by atoms with Gasteiger partial charge in [-0.25, -0.2) is 0 Å². The quantitative estimate of drug-likeness (QED) is 0.859. The lowest BCUT2D eigenvalue weighted by molar-refractivity contribution is 0.0967. The summed E-state index contributed by atoms with van der Waals surface area (Å²) >= 11 is 10.8. The van der Waals surface area contributed by atoms with E-state index in [1.807, 2.05) is 0 Å². The molecule has 1 aromatic carbocycles.